The third kappa shape index (κ3) is 3.17. The van der Waals surface area contributed by atoms with Crippen LogP contribution in [0.4, 0.5) is 10.8 Å². The zero-order valence-electron chi connectivity index (χ0n) is 10.3. The average molecular weight is 279 g/mol. The van der Waals surface area contributed by atoms with Gasteiger partial charge in [-0.1, -0.05) is 30.3 Å². The molecule has 0 saturated heterocycles. The van der Waals surface area contributed by atoms with Crippen molar-refractivity contribution in [3.63, 3.8) is 0 Å². The Hall–Kier alpha value is -1.20. The molecule has 1 heterocycles. The summed E-state index contributed by atoms with van der Waals surface area (Å²) in [6.45, 7) is 0.961. The van der Waals surface area contributed by atoms with Crippen molar-refractivity contribution < 1.29 is 0 Å². The molecule has 0 radical (unpaired) electrons. The van der Waals surface area contributed by atoms with Crippen LogP contribution in [0.1, 0.15) is 6.42 Å². The summed E-state index contributed by atoms with van der Waals surface area (Å²) in [4.78, 5) is 0. The molecular weight excluding hydrogens is 262 g/mol. The fourth-order valence-corrected chi connectivity index (χ4v) is 2.92. The first-order chi connectivity index (χ1) is 8.83. The van der Waals surface area contributed by atoms with Crippen LogP contribution in [-0.4, -0.2) is 22.9 Å². The van der Waals surface area contributed by atoms with Gasteiger partial charge < -0.3 is 11.1 Å². The summed E-state index contributed by atoms with van der Waals surface area (Å²) in [7, 11) is 0. The van der Waals surface area contributed by atoms with Gasteiger partial charge in [-0.2, -0.15) is 16.1 Å². The summed E-state index contributed by atoms with van der Waals surface area (Å²) < 4.78 is 4.24. The first-order valence-corrected chi connectivity index (χ1v) is 8.03. The highest BCUT2D eigenvalue weighted by Gasteiger charge is 2.12. The Labute approximate surface area is 116 Å². The SMILES string of the molecule is CSCCCNc1snc(N)c1-c1ccccc1. The number of benzene rings is 1. The molecular formula is C13H17N3S2. The van der Waals surface area contributed by atoms with Crippen LogP contribution < -0.4 is 11.1 Å². The Bertz CT molecular complexity index is 482. The maximum atomic E-state index is 5.96. The first-order valence-electron chi connectivity index (χ1n) is 5.86. The zero-order valence-corrected chi connectivity index (χ0v) is 12.0. The van der Waals surface area contributed by atoms with Gasteiger partial charge in [-0.05, 0) is 35.5 Å². The van der Waals surface area contributed by atoms with Crippen LogP contribution in [0.5, 0.6) is 0 Å². The maximum absolute atomic E-state index is 5.96. The van der Waals surface area contributed by atoms with Crippen molar-refractivity contribution in [1.82, 2.24) is 4.37 Å². The molecule has 0 spiro atoms. The highest BCUT2D eigenvalue weighted by Crippen LogP contribution is 2.36. The number of nitrogens with one attached hydrogen (secondary N) is 1. The molecule has 2 rings (SSSR count). The lowest BCUT2D eigenvalue weighted by Crippen LogP contribution is -2.02. The van der Waals surface area contributed by atoms with Crippen molar-refractivity contribution in [3.05, 3.63) is 30.3 Å². The second kappa shape index (κ2) is 6.66. The van der Waals surface area contributed by atoms with Gasteiger partial charge in [0.25, 0.3) is 0 Å². The first kappa shape index (κ1) is 13.2. The minimum Gasteiger partial charge on any atom is -0.382 e. The van der Waals surface area contributed by atoms with Gasteiger partial charge in [0.05, 0.1) is 5.56 Å². The largest absolute Gasteiger partial charge is 0.382 e. The predicted octanol–water partition coefficient (Wildman–Crippen LogP) is 3.56. The molecule has 1 aromatic carbocycles. The number of anilines is 2. The van der Waals surface area contributed by atoms with Crippen LogP contribution in [0.25, 0.3) is 11.1 Å². The highest BCUT2D eigenvalue weighted by molar-refractivity contribution is 7.98. The Balaban J connectivity index is 2.12. The Morgan fingerprint density at radius 2 is 2.11 bits per heavy atom. The van der Waals surface area contributed by atoms with Gasteiger partial charge in [-0.15, -0.1) is 0 Å². The summed E-state index contributed by atoms with van der Waals surface area (Å²) >= 11 is 3.30. The molecule has 0 fully saturated rings. The third-order valence-electron chi connectivity index (χ3n) is 2.59. The van der Waals surface area contributed by atoms with E-state index in [1.165, 1.54) is 17.3 Å². The number of thioether (sulfide) groups is 1. The molecule has 5 heteroatoms. The molecule has 0 amide bonds. The van der Waals surface area contributed by atoms with Crippen molar-refractivity contribution in [2.45, 2.75) is 6.42 Å². The van der Waals surface area contributed by atoms with Crippen molar-refractivity contribution in [2.75, 3.05) is 29.6 Å². The number of nitrogens with two attached hydrogens (primary N) is 1. The lowest BCUT2D eigenvalue weighted by Gasteiger charge is -2.06. The van der Waals surface area contributed by atoms with Gasteiger partial charge in [-0.3, -0.25) is 0 Å². The van der Waals surface area contributed by atoms with Gasteiger partial charge in [0.1, 0.15) is 10.8 Å². The summed E-state index contributed by atoms with van der Waals surface area (Å²) in [5.74, 6) is 1.78. The van der Waals surface area contributed by atoms with Gasteiger partial charge in [0.15, 0.2) is 0 Å². The van der Waals surface area contributed by atoms with E-state index in [0.29, 0.717) is 5.82 Å². The van der Waals surface area contributed by atoms with Crippen LogP contribution in [-0.2, 0) is 0 Å². The number of hydrogen-bond acceptors (Lipinski definition) is 5. The fraction of sp³-hybridized carbons (Fsp3) is 0.308. The van der Waals surface area contributed by atoms with Gasteiger partial charge in [0, 0.05) is 6.54 Å². The van der Waals surface area contributed by atoms with E-state index in [9.17, 15) is 0 Å². The number of aromatic nitrogens is 1. The van der Waals surface area contributed by atoms with Crippen molar-refractivity contribution in [1.29, 1.82) is 0 Å². The van der Waals surface area contributed by atoms with E-state index in [4.69, 9.17) is 5.73 Å². The normalized spacial score (nSPS) is 10.5. The molecule has 0 atom stereocenters. The number of rotatable bonds is 6. The molecule has 2 aromatic rings. The van der Waals surface area contributed by atoms with Crippen LogP contribution in [0.3, 0.4) is 0 Å². The van der Waals surface area contributed by atoms with Crippen LogP contribution in [0.2, 0.25) is 0 Å². The molecule has 0 saturated carbocycles. The zero-order chi connectivity index (χ0) is 12.8. The van der Waals surface area contributed by atoms with Crippen LogP contribution in [0, 0.1) is 0 Å². The number of nitrogens with zero attached hydrogens (tertiary/aromatic N) is 1. The van der Waals surface area contributed by atoms with E-state index in [0.717, 1.165) is 29.1 Å². The summed E-state index contributed by atoms with van der Waals surface area (Å²) in [6.07, 6.45) is 3.27. The lowest BCUT2D eigenvalue weighted by atomic mass is 10.1. The van der Waals surface area contributed by atoms with E-state index < -0.39 is 0 Å². The third-order valence-corrected chi connectivity index (χ3v) is 4.11. The molecule has 3 N–H and O–H groups in total. The standard InChI is InChI=1S/C13H17N3S2/c1-17-9-5-8-15-13-11(12(14)16-18-13)10-6-3-2-4-7-10/h2-4,6-7,15H,5,8-9H2,1H3,(H2,14,16). The Kier molecular flexibility index (Phi) is 4.90. The maximum Gasteiger partial charge on any atom is 0.147 e. The quantitative estimate of drug-likeness (QED) is 0.794. The number of hydrogen-bond donors (Lipinski definition) is 2. The smallest absolute Gasteiger partial charge is 0.147 e. The van der Waals surface area contributed by atoms with Crippen LogP contribution >= 0.6 is 23.3 Å². The van der Waals surface area contributed by atoms with Gasteiger partial charge >= 0.3 is 0 Å². The minimum atomic E-state index is 0.610. The average Bonchev–Trinajstić information content (AvgIpc) is 2.77. The van der Waals surface area contributed by atoms with Crippen molar-refractivity contribution in [3.8, 4) is 11.1 Å². The molecule has 0 bridgehead atoms. The van der Waals surface area contributed by atoms with Crippen molar-refractivity contribution in [2.24, 2.45) is 0 Å². The van der Waals surface area contributed by atoms with E-state index in [-0.39, 0.29) is 0 Å². The summed E-state index contributed by atoms with van der Waals surface area (Å²) in [6, 6.07) is 10.2. The van der Waals surface area contributed by atoms with Crippen molar-refractivity contribution >= 4 is 34.1 Å². The number of nitrogen functional groups attached to an aromatic ring is 1. The predicted molar refractivity (Wildman–Crippen MR) is 83.5 cm³/mol. The second-order valence-electron chi connectivity index (χ2n) is 3.91. The van der Waals surface area contributed by atoms with Gasteiger partial charge in [-0.25, -0.2) is 0 Å². The molecule has 18 heavy (non-hydrogen) atoms. The molecule has 0 aliphatic carbocycles. The molecule has 0 aliphatic rings. The van der Waals surface area contributed by atoms with Gasteiger partial charge in [0.2, 0.25) is 0 Å². The Morgan fingerprint density at radius 1 is 1.33 bits per heavy atom. The monoisotopic (exact) mass is 279 g/mol. The second-order valence-corrected chi connectivity index (χ2v) is 5.67. The topological polar surface area (TPSA) is 50.9 Å². The molecule has 0 unspecified atom stereocenters. The summed E-state index contributed by atoms with van der Waals surface area (Å²) in [5, 5.41) is 4.50. The highest BCUT2D eigenvalue weighted by atomic mass is 32.2. The fourth-order valence-electron chi connectivity index (χ4n) is 1.73. The molecule has 3 nitrogen and oxygen atoms in total. The Morgan fingerprint density at radius 3 is 2.83 bits per heavy atom. The minimum absolute atomic E-state index is 0.610. The van der Waals surface area contributed by atoms with E-state index in [1.54, 1.807) is 0 Å². The molecule has 0 aliphatic heterocycles. The van der Waals surface area contributed by atoms with E-state index >= 15 is 0 Å². The van der Waals surface area contributed by atoms with Crippen LogP contribution in [0.15, 0.2) is 30.3 Å². The van der Waals surface area contributed by atoms with E-state index in [2.05, 4.69) is 28.1 Å². The molecule has 1 aromatic heterocycles. The summed E-state index contributed by atoms with van der Waals surface area (Å²) in [5.41, 5.74) is 8.11. The molecule has 96 valence electrons. The van der Waals surface area contributed by atoms with E-state index in [1.807, 2.05) is 30.0 Å². The lowest BCUT2D eigenvalue weighted by molar-refractivity contribution is 0.998.